The second-order valence-electron chi connectivity index (χ2n) is 2.60. The number of halogens is 1. The molecule has 0 radical (unpaired) electrons. The van der Waals surface area contributed by atoms with Crippen molar-refractivity contribution < 1.29 is 14.6 Å². The van der Waals surface area contributed by atoms with Crippen molar-refractivity contribution >= 4 is 17.4 Å². The Morgan fingerprint density at radius 2 is 2.29 bits per heavy atom. The second kappa shape index (κ2) is 4.30. The lowest BCUT2D eigenvalue weighted by molar-refractivity contribution is 0.0998. The van der Waals surface area contributed by atoms with Gasteiger partial charge >= 0.3 is 0 Å². The second-order valence-corrected chi connectivity index (χ2v) is 3.01. The van der Waals surface area contributed by atoms with Gasteiger partial charge in [0.15, 0.2) is 17.3 Å². The van der Waals surface area contributed by atoms with Crippen molar-refractivity contribution in [3.05, 3.63) is 22.7 Å². The standard InChI is InChI=1S/C9H10ClNO3/c1-14-9-6(10)3-2-5(8(9)13)7(12)4-11/h2-3,13H,4,11H2,1H3. The van der Waals surface area contributed by atoms with Gasteiger partial charge < -0.3 is 15.6 Å². The van der Waals surface area contributed by atoms with Crippen molar-refractivity contribution in [2.24, 2.45) is 5.73 Å². The molecule has 76 valence electrons. The van der Waals surface area contributed by atoms with Gasteiger partial charge in [0.1, 0.15) is 0 Å². The summed E-state index contributed by atoms with van der Waals surface area (Å²) in [6, 6.07) is 2.89. The molecule has 0 fully saturated rings. The van der Waals surface area contributed by atoms with Crippen LogP contribution in [0, 0.1) is 0 Å². The van der Waals surface area contributed by atoms with Crippen molar-refractivity contribution in [1.82, 2.24) is 0 Å². The summed E-state index contributed by atoms with van der Waals surface area (Å²) in [6.07, 6.45) is 0. The third kappa shape index (κ3) is 1.81. The molecule has 3 N–H and O–H groups in total. The van der Waals surface area contributed by atoms with Crippen LogP contribution < -0.4 is 10.5 Å². The van der Waals surface area contributed by atoms with Gasteiger partial charge in [0, 0.05) is 0 Å². The number of benzene rings is 1. The average Bonchev–Trinajstić information content (AvgIpc) is 2.18. The van der Waals surface area contributed by atoms with E-state index in [0.29, 0.717) is 0 Å². The number of carbonyl (C=O) groups excluding carboxylic acids is 1. The summed E-state index contributed by atoms with van der Waals surface area (Å²) in [7, 11) is 1.36. The van der Waals surface area contributed by atoms with Gasteiger partial charge in [-0.25, -0.2) is 0 Å². The molecule has 0 aliphatic rings. The zero-order chi connectivity index (χ0) is 10.7. The van der Waals surface area contributed by atoms with Crippen LogP contribution in [0.5, 0.6) is 11.5 Å². The molecule has 1 aromatic carbocycles. The SMILES string of the molecule is COc1c(Cl)ccc(C(=O)CN)c1O. The molecule has 1 aromatic rings. The first-order chi connectivity index (χ1) is 6.61. The molecule has 1 rings (SSSR count). The van der Waals surface area contributed by atoms with E-state index in [4.69, 9.17) is 22.1 Å². The number of ketones is 1. The Labute approximate surface area is 86.2 Å². The van der Waals surface area contributed by atoms with Gasteiger partial charge in [0.2, 0.25) is 0 Å². The number of rotatable bonds is 3. The summed E-state index contributed by atoms with van der Waals surface area (Å²) in [4.78, 5) is 11.2. The van der Waals surface area contributed by atoms with Crippen LogP contribution in [0.2, 0.25) is 5.02 Å². The molecule has 5 heteroatoms. The molecule has 0 bridgehead atoms. The van der Waals surface area contributed by atoms with Gasteiger partial charge in [0.25, 0.3) is 0 Å². The monoisotopic (exact) mass is 215 g/mol. The molecule has 0 saturated carbocycles. The van der Waals surface area contributed by atoms with Crippen molar-refractivity contribution in [3.63, 3.8) is 0 Å². The molecule has 14 heavy (non-hydrogen) atoms. The summed E-state index contributed by atoms with van der Waals surface area (Å²) in [5.74, 6) is -0.543. The highest BCUT2D eigenvalue weighted by atomic mass is 35.5. The lowest BCUT2D eigenvalue weighted by Crippen LogP contribution is -2.13. The van der Waals surface area contributed by atoms with E-state index in [1.807, 2.05) is 0 Å². The summed E-state index contributed by atoms with van der Waals surface area (Å²) in [5.41, 5.74) is 5.29. The lowest BCUT2D eigenvalue weighted by atomic mass is 10.1. The summed E-state index contributed by atoms with van der Waals surface area (Å²) < 4.78 is 4.84. The van der Waals surface area contributed by atoms with Gasteiger partial charge in [-0.2, -0.15) is 0 Å². The highest BCUT2D eigenvalue weighted by Gasteiger charge is 2.16. The number of methoxy groups -OCH3 is 1. The number of ether oxygens (including phenoxy) is 1. The molecule has 0 saturated heterocycles. The van der Waals surface area contributed by atoms with E-state index in [-0.39, 0.29) is 34.4 Å². The van der Waals surface area contributed by atoms with E-state index >= 15 is 0 Å². The number of Topliss-reactive ketones (excluding diaryl/α,β-unsaturated/α-hetero) is 1. The zero-order valence-corrected chi connectivity index (χ0v) is 8.34. The zero-order valence-electron chi connectivity index (χ0n) is 7.58. The first-order valence-electron chi connectivity index (χ1n) is 3.90. The van der Waals surface area contributed by atoms with Gasteiger partial charge in [-0.15, -0.1) is 0 Å². The number of aromatic hydroxyl groups is 1. The maximum atomic E-state index is 11.2. The van der Waals surface area contributed by atoms with Crippen LogP contribution in [-0.2, 0) is 0 Å². The smallest absolute Gasteiger partial charge is 0.180 e. The van der Waals surface area contributed by atoms with Crippen LogP contribution in [0.25, 0.3) is 0 Å². The van der Waals surface area contributed by atoms with Crippen LogP contribution in [0.3, 0.4) is 0 Å². The number of phenols is 1. The Hall–Kier alpha value is -1.26. The predicted molar refractivity (Wildman–Crippen MR) is 53.1 cm³/mol. The number of hydrogen-bond acceptors (Lipinski definition) is 4. The van der Waals surface area contributed by atoms with Crippen LogP contribution in [0.1, 0.15) is 10.4 Å². The number of phenolic OH excluding ortho intramolecular Hbond substituents is 1. The van der Waals surface area contributed by atoms with E-state index in [1.54, 1.807) is 0 Å². The van der Waals surface area contributed by atoms with Crippen LogP contribution in [-0.4, -0.2) is 24.5 Å². The Morgan fingerprint density at radius 3 is 2.79 bits per heavy atom. The molecule has 0 heterocycles. The van der Waals surface area contributed by atoms with Crippen LogP contribution >= 0.6 is 11.6 Å². The minimum absolute atomic E-state index is 0.0889. The lowest BCUT2D eigenvalue weighted by Gasteiger charge is -2.08. The normalized spacial score (nSPS) is 9.93. The Balaban J connectivity index is 3.28. The molecule has 0 aliphatic carbocycles. The van der Waals surface area contributed by atoms with Crippen molar-refractivity contribution in [2.75, 3.05) is 13.7 Å². The van der Waals surface area contributed by atoms with Gasteiger partial charge in [-0.1, -0.05) is 11.6 Å². The van der Waals surface area contributed by atoms with Gasteiger partial charge in [0.05, 0.1) is 24.2 Å². The predicted octanol–water partition coefficient (Wildman–Crippen LogP) is 1.20. The maximum Gasteiger partial charge on any atom is 0.180 e. The molecule has 4 nitrogen and oxygen atoms in total. The van der Waals surface area contributed by atoms with E-state index < -0.39 is 0 Å². The van der Waals surface area contributed by atoms with E-state index in [1.165, 1.54) is 19.2 Å². The molecule has 0 spiro atoms. The summed E-state index contributed by atoms with van der Waals surface area (Å²) >= 11 is 5.72. The number of hydrogen-bond donors (Lipinski definition) is 2. The molecule has 0 amide bonds. The first-order valence-corrected chi connectivity index (χ1v) is 4.28. The molecule has 0 unspecified atom stereocenters. The van der Waals surface area contributed by atoms with Crippen LogP contribution in [0.4, 0.5) is 0 Å². The fraction of sp³-hybridized carbons (Fsp3) is 0.222. The average molecular weight is 216 g/mol. The van der Waals surface area contributed by atoms with E-state index in [9.17, 15) is 9.90 Å². The topological polar surface area (TPSA) is 72.5 Å². The molecular weight excluding hydrogens is 206 g/mol. The minimum Gasteiger partial charge on any atom is -0.504 e. The largest absolute Gasteiger partial charge is 0.504 e. The van der Waals surface area contributed by atoms with Crippen molar-refractivity contribution in [2.45, 2.75) is 0 Å². The van der Waals surface area contributed by atoms with Crippen LogP contribution in [0.15, 0.2) is 12.1 Å². The quantitative estimate of drug-likeness (QED) is 0.743. The van der Waals surface area contributed by atoms with Gasteiger partial charge in [-0.05, 0) is 12.1 Å². The van der Waals surface area contributed by atoms with Crippen molar-refractivity contribution in [3.8, 4) is 11.5 Å². The highest BCUT2D eigenvalue weighted by Crippen LogP contribution is 2.36. The first kappa shape index (κ1) is 10.8. The van der Waals surface area contributed by atoms with Gasteiger partial charge in [-0.3, -0.25) is 4.79 Å². The molecule has 0 aliphatic heterocycles. The summed E-state index contributed by atoms with van der Waals surface area (Å²) in [5, 5.41) is 9.83. The number of carbonyl (C=O) groups is 1. The minimum atomic E-state index is -0.363. The summed E-state index contributed by atoms with van der Waals surface area (Å²) in [6.45, 7) is -0.168. The molecule has 0 aromatic heterocycles. The molecule has 0 atom stereocenters. The molecular formula is C9H10ClNO3. The third-order valence-corrected chi connectivity index (χ3v) is 2.07. The van der Waals surface area contributed by atoms with E-state index in [2.05, 4.69) is 0 Å². The fourth-order valence-electron chi connectivity index (χ4n) is 1.08. The Morgan fingerprint density at radius 1 is 1.64 bits per heavy atom. The Kier molecular flexibility index (Phi) is 3.33. The fourth-order valence-corrected chi connectivity index (χ4v) is 1.31. The third-order valence-electron chi connectivity index (χ3n) is 1.77. The Bertz CT molecular complexity index is 365. The highest BCUT2D eigenvalue weighted by molar-refractivity contribution is 6.32. The van der Waals surface area contributed by atoms with Crippen molar-refractivity contribution in [1.29, 1.82) is 0 Å². The van der Waals surface area contributed by atoms with E-state index in [0.717, 1.165) is 0 Å². The maximum absolute atomic E-state index is 11.2. The number of nitrogens with two attached hydrogens (primary N) is 1.